The van der Waals surface area contributed by atoms with Gasteiger partial charge >= 0.3 is 5.97 Å². The molecule has 0 aliphatic heterocycles. The molecule has 0 spiro atoms. The first kappa shape index (κ1) is 17.5. The van der Waals surface area contributed by atoms with Crippen LogP contribution < -0.4 is 9.47 Å². The van der Waals surface area contributed by atoms with E-state index in [4.69, 9.17) is 14.2 Å². The number of esters is 1. The molecule has 23 heavy (non-hydrogen) atoms. The van der Waals surface area contributed by atoms with Gasteiger partial charge in [-0.3, -0.25) is 4.79 Å². The zero-order valence-corrected chi connectivity index (χ0v) is 14.7. The second-order valence-corrected chi connectivity index (χ2v) is 5.83. The van der Waals surface area contributed by atoms with Crippen LogP contribution in [0.2, 0.25) is 0 Å². The van der Waals surface area contributed by atoms with Crippen LogP contribution in [-0.4, -0.2) is 32.1 Å². The van der Waals surface area contributed by atoms with Gasteiger partial charge in [0.1, 0.15) is 6.10 Å². The van der Waals surface area contributed by atoms with Crippen molar-refractivity contribution in [2.45, 2.75) is 32.3 Å². The quantitative estimate of drug-likeness (QED) is 0.554. The van der Waals surface area contributed by atoms with Crippen molar-refractivity contribution in [3.05, 3.63) is 33.8 Å². The van der Waals surface area contributed by atoms with Gasteiger partial charge in [0, 0.05) is 5.56 Å². The number of allylic oxidation sites excluding steroid dienone is 1. The van der Waals surface area contributed by atoms with E-state index in [-0.39, 0.29) is 5.97 Å². The summed E-state index contributed by atoms with van der Waals surface area (Å²) in [6.45, 7) is 2.08. The Hall–Kier alpha value is -1.82. The number of hydrogen-bond donors (Lipinski definition) is 0. The lowest BCUT2D eigenvalue weighted by Crippen LogP contribution is -2.28. The highest BCUT2D eigenvalue weighted by molar-refractivity contribution is 9.10. The molecule has 0 amide bonds. The fourth-order valence-corrected chi connectivity index (χ4v) is 2.97. The Labute approximate surface area is 143 Å². The Kier molecular flexibility index (Phi) is 6.21. The van der Waals surface area contributed by atoms with Crippen LogP contribution in [0.25, 0.3) is 0 Å². The Balaban J connectivity index is 2.33. The maximum atomic E-state index is 12.1. The molecule has 124 valence electrons. The topological polar surface area (TPSA) is 61.8 Å². The van der Waals surface area contributed by atoms with Crippen LogP contribution in [0, 0.1) is 0 Å². The van der Waals surface area contributed by atoms with E-state index in [0.29, 0.717) is 40.1 Å². The van der Waals surface area contributed by atoms with Crippen LogP contribution in [0.3, 0.4) is 0 Å². The first-order valence-electron chi connectivity index (χ1n) is 7.47. The molecule has 1 aliphatic rings. The van der Waals surface area contributed by atoms with E-state index in [1.807, 2.05) is 6.08 Å². The zero-order valence-electron chi connectivity index (χ0n) is 13.1. The Morgan fingerprint density at radius 2 is 2.22 bits per heavy atom. The Morgan fingerprint density at radius 3 is 2.87 bits per heavy atom. The number of aldehydes is 1. The first-order chi connectivity index (χ1) is 11.1. The highest BCUT2D eigenvalue weighted by Gasteiger charge is 2.28. The predicted molar refractivity (Wildman–Crippen MR) is 89.1 cm³/mol. The maximum Gasteiger partial charge on any atom is 0.337 e. The number of carbonyl (C=O) groups is 2. The standard InChI is InChI=1S/C17H19BrO5/c1-3-22-17(20)12-6-4-5-7-13(12)23-16-14(21-2)9-8-11(10-19)15(16)18/h6,8-10,13H,3-5,7H2,1-2H3/t13-/m0/s1. The normalized spacial score (nSPS) is 17.2. The van der Waals surface area contributed by atoms with Gasteiger partial charge in [0.15, 0.2) is 17.8 Å². The number of methoxy groups -OCH3 is 1. The molecule has 1 aliphatic carbocycles. The molecule has 1 aromatic rings. The highest BCUT2D eigenvalue weighted by atomic mass is 79.9. The van der Waals surface area contributed by atoms with Crippen LogP contribution in [-0.2, 0) is 9.53 Å². The lowest BCUT2D eigenvalue weighted by Gasteiger charge is -2.25. The van der Waals surface area contributed by atoms with E-state index in [0.717, 1.165) is 19.1 Å². The summed E-state index contributed by atoms with van der Waals surface area (Å²) in [7, 11) is 1.53. The minimum Gasteiger partial charge on any atom is -0.493 e. The molecule has 0 saturated carbocycles. The molecule has 1 atom stereocenters. The van der Waals surface area contributed by atoms with Crippen molar-refractivity contribution >= 4 is 28.2 Å². The smallest absolute Gasteiger partial charge is 0.337 e. The number of benzene rings is 1. The Bertz CT molecular complexity index is 624. The third kappa shape index (κ3) is 3.93. The van der Waals surface area contributed by atoms with Crippen molar-refractivity contribution in [2.75, 3.05) is 13.7 Å². The number of ether oxygens (including phenoxy) is 3. The van der Waals surface area contributed by atoms with Crippen LogP contribution in [0.15, 0.2) is 28.3 Å². The molecule has 0 unspecified atom stereocenters. The van der Waals surface area contributed by atoms with E-state index in [1.165, 1.54) is 7.11 Å². The van der Waals surface area contributed by atoms with Gasteiger partial charge in [0.2, 0.25) is 0 Å². The molecule has 0 saturated heterocycles. The molecular formula is C17H19BrO5. The van der Waals surface area contributed by atoms with Crippen LogP contribution in [0.5, 0.6) is 11.5 Å². The molecular weight excluding hydrogens is 364 g/mol. The summed E-state index contributed by atoms with van der Waals surface area (Å²) in [5.41, 5.74) is 0.974. The zero-order chi connectivity index (χ0) is 16.8. The Morgan fingerprint density at radius 1 is 1.43 bits per heavy atom. The van der Waals surface area contributed by atoms with Gasteiger partial charge in [-0.2, -0.15) is 0 Å². The summed E-state index contributed by atoms with van der Waals surface area (Å²) in [5, 5.41) is 0. The minimum absolute atomic E-state index is 0.316. The SMILES string of the molecule is CCOC(=O)C1=CCCC[C@@H]1Oc1c(OC)ccc(C=O)c1Br. The summed E-state index contributed by atoms with van der Waals surface area (Å²) in [6.07, 6.45) is 4.61. The van der Waals surface area contributed by atoms with E-state index < -0.39 is 6.10 Å². The maximum absolute atomic E-state index is 12.1. The third-order valence-corrected chi connectivity index (χ3v) is 4.41. The first-order valence-corrected chi connectivity index (χ1v) is 8.27. The number of carbonyl (C=O) groups excluding carboxylic acids is 2. The third-order valence-electron chi connectivity index (χ3n) is 3.59. The number of hydrogen-bond acceptors (Lipinski definition) is 5. The van der Waals surface area contributed by atoms with Crippen molar-refractivity contribution in [1.82, 2.24) is 0 Å². The van der Waals surface area contributed by atoms with Gasteiger partial charge in [0.05, 0.1) is 23.8 Å². The lowest BCUT2D eigenvalue weighted by molar-refractivity contribution is -0.139. The molecule has 0 N–H and O–H groups in total. The average molecular weight is 383 g/mol. The molecule has 0 radical (unpaired) electrons. The largest absolute Gasteiger partial charge is 0.493 e. The van der Waals surface area contributed by atoms with Gasteiger partial charge in [-0.15, -0.1) is 0 Å². The van der Waals surface area contributed by atoms with Crippen molar-refractivity contribution in [2.24, 2.45) is 0 Å². The molecule has 0 aromatic heterocycles. The van der Waals surface area contributed by atoms with Gasteiger partial charge in [-0.05, 0) is 54.2 Å². The molecule has 0 heterocycles. The highest BCUT2D eigenvalue weighted by Crippen LogP contribution is 2.39. The summed E-state index contributed by atoms with van der Waals surface area (Å²) in [6, 6.07) is 3.31. The summed E-state index contributed by atoms with van der Waals surface area (Å²) < 4.78 is 16.9. The van der Waals surface area contributed by atoms with Crippen LogP contribution in [0.1, 0.15) is 36.5 Å². The molecule has 6 heteroatoms. The minimum atomic E-state index is -0.421. The number of rotatable bonds is 6. The van der Waals surface area contributed by atoms with E-state index in [9.17, 15) is 9.59 Å². The number of halogens is 1. The van der Waals surface area contributed by atoms with Crippen molar-refractivity contribution in [3.63, 3.8) is 0 Å². The molecule has 5 nitrogen and oxygen atoms in total. The van der Waals surface area contributed by atoms with Gasteiger partial charge < -0.3 is 14.2 Å². The fourth-order valence-electron chi connectivity index (χ4n) is 2.46. The average Bonchev–Trinajstić information content (AvgIpc) is 2.57. The van der Waals surface area contributed by atoms with E-state index in [2.05, 4.69) is 15.9 Å². The lowest BCUT2D eigenvalue weighted by atomic mass is 9.96. The van der Waals surface area contributed by atoms with Crippen LogP contribution >= 0.6 is 15.9 Å². The molecule has 0 bridgehead atoms. The molecule has 1 aromatic carbocycles. The van der Waals surface area contributed by atoms with Gasteiger partial charge in [-0.25, -0.2) is 4.79 Å². The van der Waals surface area contributed by atoms with Crippen LogP contribution in [0.4, 0.5) is 0 Å². The monoisotopic (exact) mass is 382 g/mol. The summed E-state index contributed by atoms with van der Waals surface area (Å²) >= 11 is 3.38. The van der Waals surface area contributed by atoms with Gasteiger partial charge in [-0.1, -0.05) is 6.08 Å². The fraction of sp³-hybridized carbons (Fsp3) is 0.412. The van der Waals surface area contributed by atoms with Gasteiger partial charge in [0.25, 0.3) is 0 Å². The second kappa shape index (κ2) is 8.15. The summed E-state index contributed by atoms with van der Waals surface area (Å²) in [5.74, 6) is 0.550. The molecule has 2 rings (SSSR count). The summed E-state index contributed by atoms with van der Waals surface area (Å²) in [4.78, 5) is 23.2. The van der Waals surface area contributed by atoms with Crippen molar-refractivity contribution in [3.8, 4) is 11.5 Å². The second-order valence-electron chi connectivity index (χ2n) is 5.04. The molecule has 0 fully saturated rings. The van der Waals surface area contributed by atoms with Crippen molar-refractivity contribution < 1.29 is 23.8 Å². The van der Waals surface area contributed by atoms with Crippen molar-refractivity contribution in [1.29, 1.82) is 0 Å². The van der Waals surface area contributed by atoms with E-state index >= 15 is 0 Å². The predicted octanol–water partition coefficient (Wildman–Crippen LogP) is 3.69. The van der Waals surface area contributed by atoms with E-state index in [1.54, 1.807) is 19.1 Å².